The summed E-state index contributed by atoms with van der Waals surface area (Å²) in [6.45, 7) is 4.66. The number of amides is 1. The molecule has 18 heavy (non-hydrogen) atoms. The molecule has 0 radical (unpaired) electrons. The molecule has 0 spiro atoms. The highest BCUT2D eigenvalue weighted by Gasteiger charge is 2.30. The van der Waals surface area contributed by atoms with Crippen LogP contribution in [0, 0.1) is 6.92 Å². The lowest BCUT2D eigenvalue weighted by Gasteiger charge is -2.37. The number of piperidine rings is 1. The summed E-state index contributed by atoms with van der Waals surface area (Å²) in [5, 5.41) is 0. The van der Waals surface area contributed by atoms with Crippen molar-refractivity contribution in [2.45, 2.75) is 45.2 Å². The fourth-order valence-electron chi connectivity index (χ4n) is 2.57. The van der Waals surface area contributed by atoms with Crippen molar-refractivity contribution in [3.8, 4) is 0 Å². The van der Waals surface area contributed by atoms with Crippen LogP contribution < -0.4 is 5.73 Å². The van der Waals surface area contributed by atoms with E-state index in [1.54, 1.807) is 6.07 Å². The summed E-state index contributed by atoms with van der Waals surface area (Å²) in [7, 11) is 0. The van der Waals surface area contributed by atoms with Gasteiger partial charge < -0.3 is 10.6 Å². The second-order valence-electron chi connectivity index (χ2n) is 5.09. The van der Waals surface area contributed by atoms with E-state index >= 15 is 0 Å². The molecule has 2 N–H and O–H groups in total. The van der Waals surface area contributed by atoms with E-state index in [0.29, 0.717) is 5.69 Å². The Bertz CT molecular complexity index is 431. The Morgan fingerprint density at radius 2 is 2.28 bits per heavy atom. The summed E-state index contributed by atoms with van der Waals surface area (Å²) in [4.78, 5) is 18.7. The fourth-order valence-corrected chi connectivity index (χ4v) is 2.57. The molecule has 1 aliphatic rings. The number of carbonyl (C=O) groups excluding carboxylic acids is 1. The molecule has 4 heteroatoms. The minimum absolute atomic E-state index is 0.0130. The molecule has 0 aliphatic carbocycles. The van der Waals surface area contributed by atoms with Gasteiger partial charge in [0.2, 0.25) is 0 Å². The van der Waals surface area contributed by atoms with E-state index in [1.165, 1.54) is 0 Å². The third-order valence-electron chi connectivity index (χ3n) is 3.52. The van der Waals surface area contributed by atoms with Gasteiger partial charge in [0.1, 0.15) is 5.69 Å². The normalized spacial score (nSPS) is 21.7. The van der Waals surface area contributed by atoms with Crippen LogP contribution in [-0.4, -0.2) is 34.4 Å². The van der Waals surface area contributed by atoms with Gasteiger partial charge in [0.25, 0.3) is 5.91 Å². The molecule has 1 fully saturated rings. The number of hydrogen-bond donors (Lipinski definition) is 1. The first-order valence-corrected chi connectivity index (χ1v) is 6.60. The molecule has 0 bridgehead atoms. The van der Waals surface area contributed by atoms with Crippen LogP contribution in [-0.2, 0) is 0 Å². The van der Waals surface area contributed by atoms with Gasteiger partial charge in [-0.15, -0.1) is 0 Å². The number of likely N-dealkylation sites (tertiary alicyclic amines) is 1. The van der Waals surface area contributed by atoms with Gasteiger partial charge in [-0.1, -0.05) is 6.07 Å². The molecule has 1 saturated heterocycles. The lowest BCUT2D eigenvalue weighted by molar-refractivity contribution is 0.0577. The Hall–Kier alpha value is -1.42. The Morgan fingerprint density at radius 1 is 1.50 bits per heavy atom. The summed E-state index contributed by atoms with van der Waals surface area (Å²) in [6.07, 6.45) is 3.20. The number of carbonyl (C=O) groups is 1. The highest BCUT2D eigenvalue weighted by Crippen LogP contribution is 2.21. The van der Waals surface area contributed by atoms with Crippen molar-refractivity contribution in [3.05, 3.63) is 29.6 Å². The van der Waals surface area contributed by atoms with Crippen LogP contribution in [0.3, 0.4) is 0 Å². The van der Waals surface area contributed by atoms with E-state index in [0.717, 1.165) is 31.5 Å². The molecule has 98 valence electrons. The second kappa shape index (κ2) is 5.48. The maximum Gasteiger partial charge on any atom is 0.272 e. The molecule has 0 saturated carbocycles. The Kier molecular flexibility index (Phi) is 3.97. The molecular formula is C14H21N3O. The number of hydrogen-bond acceptors (Lipinski definition) is 3. The van der Waals surface area contributed by atoms with Crippen molar-refractivity contribution < 1.29 is 4.79 Å². The van der Waals surface area contributed by atoms with E-state index in [9.17, 15) is 4.79 Å². The molecule has 0 aromatic carbocycles. The molecule has 2 heterocycles. The molecule has 2 rings (SSSR count). The average Bonchev–Trinajstić information content (AvgIpc) is 2.38. The highest BCUT2D eigenvalue weighted by molar-refractivity contribution is 5.92. The number of pyridine rings is 1. The fraction of sp³-hybridized carbons (Fsp3) is 0.571. The van der Waals surface area contributed by atoms with Crippen LogP contribution in [0.5, 0.6) is 0 Å². The molecule has 2 atom stereocenters. The van der Waals surface area contributed by atoms with Crippen molar-refractivity contribution >= 4 is 5.91 Å². The van der Waals surface area contributed by atoms with Crippen molar-refractivity contribution in [2.24, 2.45) is 5.73 Å². The summed E-state index contributed by atoms with van der Waals surface area (Å²) >= 11 is 0. The zero-order valence-electron chi connectivity index (χ0n) is 11.1. The van der Waals surface area contributed by atoms with E-state index in [2.05, 4.69) is 4.98 Å². The minimum atomic E-state index is 0.0130. The van der Waals surface area contributed by atoms with Gasteiger partial charge in [-0.25, -0.2) is 4.98 Å². The predicted octanol–water partition coefficient (Wildman–Crippen LogP) is 1.73. The molecule has 4 nitrogen and oxygen atoms in total. The van der Waals surface area contributed by atoms with Crippen molar-refractivity contribution in [1.82, 2.24) is 9.88 Å². The molecule has 1 aliphatic heterocycles. The van der Waals surface area contributed by atoms with Gasteiger partial charge in [0.15, 0.2) is 0 Å². The lowest BCUT2D eigenvalue weighted by atomic mass is 9.96. The maximum absolute atomic E-state index is 12.5. The summed E-state index contributed by atoms with van der Waals surface area (Å²) < 4.78 is 0. The van der Waals surface area contributed by atoms with Crippen molar-refractivity contribution in [3.63, 3.8) is 0 Å². The molecule has 1 amide bonds. The summed E-state index contributed by atoms with van der Waals surface area (Å²) in [6, 6.07) is 5.71. The molecular weight excluding hydrogens is 226 g/mol. The van der Waals surface area contributed by atoms with Crippen LogP contribution in [0.4, 0.5) is 0 Å². The van der Waals surface area contributed by atoms with Gasteiger partial charge in [0, 0.05) is 24.3 Å². The van der Waals surface area contributed by atoms with E-state index in [-0.39, 0.29) is 18.0 Å². The van der Waals surface area contributed by atoms with Crippen LogP contribution in [0.1, 0.15) is 42.4 Å². The number of nitrogens with zero attached hydrogens (tertiary/aromatic N) is 2. The predicted molar refractivity (Wildman–Crippen MR) is 71.3 cm³/mol. The lowest BCUT2D eigenvalue weighted by Crippen LogP contribution is -2.51. The van der Waals surface area contributed by atoms with Crippen LogP contribution in [0.2, 0.25) is 0 Å². The standard InChI is InChI=1S/C14H21N3O/c1-10-6-5-7-12(16-10)14(18)17-9-4-3-8-13(17)11(2)15/h5-7,11,13H,3-4,8-9,15H2,1-2H3/t11-,13-/m1/s1. The minimum Gasteiger partial charge on any atom is -0.333 e. The second-order valence-corrected chi connectivity index (χ2v) is 5.09. The Balaban J connectivity index is 2.21. The van der Waals surface area contributed by atoms with E-state index in [1.807, 2.05) is 30.9 Å². The average molecular weight is 247 g/mol. The smallest absolute Gasteiger partial charge is 0.272 e. The third kappa shape index (κ3) is 2.70. The Labute approximate surface area is 108 Å². The topological polar surface area (TPSA) is 59.2 Å². The summed E-state index contributed by atoms with van der Waals surface area (Å²) in [5.74, 6) is 0.0145. The SMILES string of the molecule is Cc1cccc(C(=O)N2CCCC[C@@H]2[C@@H](C)N)n1. The largest absolute Gasteiger partial charge is 0.333 e. The molecule has 1 aromatic rings. The maximum atomic E-state index is 12.5. The van der Waals surface area contributed by atoms with Gasteiger partial charge in [-0.05, 0) is 45.2 Å². The number of aromatic nitrogens is 1. The first-order valence-electron chi connectivity index (χ1n) is 6.60. The quantitative estimate of drug-likeness (QED) is 0.866. The van der Waals surface area contributed by atoms with Crippen molar-refractivity contribution in [1.29, 1.82) is 0 Å². The molecule has 1 aromatic heterocycles. The summed E-state index contributed by atoms with van der Waals surface area (Å²) in [5.41, 5.74) is 7.39. The van der Waals surface area contributed by atoms with Crippen LogP contribution >= 0.6 is 0 Å². The van der Waals surface area contributed by atoms with Crippen molar-refractivity contribution in [2.75, 3.05) is 6.54 Å². The van der Waals surface area contributed by atoms with E-state index in [4.69, 9.17) is 5.73 Å². The number of nitrogens with two attached hydrogens (primary N) is 1. The van der Waals surface area contributed by atoms with Gasteiger partial charge in [-0.2, -0.15) is 0 Å². The van der Waals surface area contributed by atoms with Gasteiger partial charge in [-0.3, -0.25) is 4.79 Å². The van der Waals surface area contributed by atoms with Gasteiger partial charge in [0.05, 0.1) is 0 Å². The van der Waals surface area contributed by atoms with Crippen LogP contribution in [0.25, 0.3) is 0 Å². The number of rotatable bonds is 2. The highest BCUT2D eigenvalue weighted by atomic mass is 16.2. The zero-order valence-corrected chi connectivity index (χ0v) is 11.1. The first kappa shape index (κ1) is 13.0. The van der Waals surface area contributed by atoms with E-state index < -0.39 is 0 Å². The monoisotopic (exact) mass is 247 g/mol. The van der Waals surface area contributed by atoms with Crippen LogP contribution in [0.15, 0.2) is 18.2 Å². The molecule has 0 unspecified atom stereocenters. The van der Waals surface area contributed by atoms with Gasteiger partial charge >= 0.3 is 0 Å². The Morgan fingerprint density at radius 3 is 2.94 bits per heavy atom. The zero-order chi connectivity index (χ0) is 13.1. The third-order valence-corrected chi connectivity index (χ3v) is 3.52. The first-order chi connectivity index (χ1) is 8.59. The number of aryl methyl sites for hydroxylation is 1.